The van der Waals surface area contributed by atoms with Gasteiger partial charge in [0, 0.05) is 28.9 Å². The molecule has 3 N–H and O–H groups in total. The van der Waals surface area contributed by atoms with Gasteiger partial charge in [0.05, 0.1) is 22.7 Å². The predicted molar refractivity (Wildman–Crippen MR) is 91.2 cm³/mol. The normalized spacial score (nSPS) is 25.0. The SMILES string of the molecule is O=S(=O)(N[C@@H]1CC[C@H](c2n[nH]c3cnc4[nH]ccc4c23)C1)C1CC1. The number of aromatic nitrogens is 4. The molecule has 2 aliphatic carbocycles. The predicted octanol–water partition coefficient (Wildman–Crippen LogP) is 2.16. The Bertz CT molecular complexity index is 1020. The van der Waals surface area contributed by atoms with Crippen LogP contribution >= 0.6 is 0 Å². The highest BCUT2D eigenvalue weighted by Gasteiger charge is 2.39. The Labute approximate surface area is 139 Å². The van der Waals surface area contributed by atoms with Crippen molar-refractivity contribution in [3.8, 4) is 0 Å². The highest BCUT2D eigenvalue weighted by molar-refractivity contribution is 7.90. The fourth-order valence-corrected chi connectivity index (χ4v) is 5.51. The number of fused-ring (bicyclic) bond motifs is 3. The molecule has 24 heavy (non-hydrogen) atoms. The lowest BCUT2D eigenvalue weighted by Gasteiger charge is -2.13. The molecule has 0 radical (unpaired) electrons. The van der Waals surface area contributed by atoms with Crippen LogP contribution < -0.4 is 4.72 Å². The van der Waals surface area contributed by atoms with Gasteiger partial charge < -0.3 is 4.98 Å². The van der Waals surface area contributed by atoms with E-state index in [4.69, 9.17) is 0 Å². The van der Waals surface area contributed by atoms with Crippen LogP contribution in [0, 0.1) is 0 Å². The molecule has 3 aromatic heterocycles. The number of H-pyrrole nitrogens is 2. The third-order valence-corrected chi connectivity index (χ3v) is 7.26. The van der Waals surface area contributed by atoms with Crippen molar-refractivity contribution < 1.29 is 8.42 Å². The fourth-order valence-electron chi connectivity index (χ4n) is 3.88. The van der Waals surface area contributed by atoms with Crippen LogP contribution in [0.15, 0.2) is 18.5 Å². The number of hydrogen-bond donors (Lipinski definition) is 3. The van der Waals surface area contributed by atoms with Crippen molar-refractivity contribution in [1.29, 1.82) is 0 Å². The number of nitrogens with one attached hydrogen (secondary N) is 3. The average Bonchev–Trinajstić information content (AvgIpc) is 2.96. The summed E-state index contributed by atoms with van der Waals surface area (Å²) in [7, 11) is -3.12. The van der Waals surface area contributed by atoms with E-state index >= 15 is 0 Å². The number of sulfonamides is 1. The van der Waals surface area contributed by atoms with E-state index in [-0.39, 0.29) is 17.2 Å². The summed E-state index contributed by atoms with van der Waals surface area (Å²) in [4.78, 5) is 7.51. The lowest BCUT2D eigenvalue weighted by molar-refractivity contribution is 0.547. The lowest BCUT2D eigenvalue weighted by Crippen LogP contribution is -2.35. The van der Waals surface area contributed by atoms with E-state index in [0.717, 1.165) is 59.7 Å². The summed E-state index contributed by atoms with van der Waals surface area (Å²) in [6, 6.07) is 2.04. The first kappa shape index (κ1) is 14.4. The zero-order chi connectivity index (χ0) is 16.3. The molecule has 2 saturated carbocycles. The maximum atomic E-state index is 12.1. The molecule has 2 fully saturated rings. The highest BCUT2D eigenvalue weighted by atomic mass is 32.2. The third-order valence-electron chi connectivity index (χ3n) is 5.25. The molecule has 126 valence electrons. The topological polar surface area (TPSA) is 104 Å². The second-order valence-corrected chi connectivity index (χ2v) is 8.96. The molecule has 7 nitrogen and oxygen atoms in total. The molecule has 0 unspecified atom stereocenters. The van der Waals surface area contributed by atoms with Crippen LogP contribution in [0.4, 0.5) is 0 Å². The number of nitrogens with zero attached hydrogens (tertiary/aromatic N) is 2. The Morgan fingerprint density at radius 2 is 2.08 bits per heavy atom. The van der Waals surface area contributed by atoms with Crippen LogP contribution in [0.25, 0.3) is 21.9 Å². The minimum atomic E-state index is -3.12. The van der Waals surface area contributed by atoms with E-state index < -0.39 is 10.0 Å². The standard InChI is InChI=1S/C16H19N5O2S/c22-24(23,11-3-4-11)21-10-2-1-9(7-10)15-14-12-5-6-17-16(12)18-8-13(14)19-20-15/h5-6,8-11,21H,1-4,7H2,(H,17,18)(H,19,20)/t9-,10+/m0/s1. The minimum absolute atomic E-state index is 0.0240. The van der Waals surface area contributed by atoms with Crippen LogP contribution in [-0.4, -0.2) is 39.9 Å². The first-order valence-electron chi connectivity index (χ1n) is 8.43. The Morgan fingerprint density at radius 3 is 2.92 bits per heavy atom. The van der Waals surface area contributed by atoms with Gasteiger partial charge in [0.15, 0.2) is 0 Å². The third kappa shape index (κ3) is 2.24. The number of aromatic amines is 2. The molecule has 0 spiro atoms. The molecule has 2 aliphatic rings. The van der Waals surface area contributed by atoms with Gasteiger partial charge in [0.2, 0.25) is 10.0 Å². The number of rotatable bonds is 4. The summed E-state index contributed by atoms with van der Waals surface area (Å²) >= 11 is 0. The van der Waals surface area contributed by atoms with Crippen molar-refractivity contribution >= 4 is 32.0 Å². The molecule has 3 heterocycles. The summed E-state index contributed by atoms with van der Waals surface area (Å²) in [5, 5.41) is 9.62. The Balaban J connectivity index is 1.45. The van der Waals surface area contributed by atoms with Crippen molar-refractivity contribution in [2.75, 3.05) is 0 Å². The van der Waals surface area contributed by atoms with Crippen molar-refractivity contribution in [1.82, 2.24) is 24.9 Å². The molecule has 2 atom stereocenters. The monoisotopic (exact) mass is 345 g/mol. The largest absolute Gasteiger partial charge is 0.346 e. The minimum Gasteiger partial charge on any atom is -0.346 e. The van der Waals surface area contributed by atoms with Crippen molar-refractivity contribution in [2.24, 2.45) is 0 Å². The summed E-state index contributed by atoms with van der Waals surface area (Å²) in [6.07, 6.45) is 7.91. The van der Waals surface area contributed by atoms with Gasteiger partial charge in [-0.2, -0.15) is 5.10 Å². The molecule has 0 amide bonds. The maximum absolute atomic E-state index is 12.1. The van der Waals surface area contributed by atoms with Crippen LogP contribution in [0.2, 0.25) is 0 Å². The average molecular weight is 345 g/mol. The first-order chi connectivity index (χ1) is 11.6. The number of hydrogen-bond acceptors (Lipinski definition) is 4. The molecular weight excluding hydrogens is 326 g/mol. The van der Waals surface area contributed by atoms with Crippen LogP contribution in [0.1, 0.15) is 43.7 Å². The van der Waals surface area contributed by atoms with Crippen molar-refractivity contribution in [3.63, 3.8) is 0 Å². The van der Waals surface area contributed by atoms with Gasteiger partial charge in [-0.3, -0.25) is 5.10 Å². The summed E-state index contributed by atoms with van der Waals surface area (Å²) in [5.41, 5.74) is 2.82. The van der Waals surface area contributed by atoms with Gasteiger partial charge in [0.25, 0.3) is 0 Å². The van der Waals surface area contributed by atoms with Crippen LogP contribution in [0.5, 0.6) is 0 Å². The van der Waals surface area contributed by atoms with Crippen LogP contribution in [0.3, 0.4) is 0 Å². The second kappa shape index (κ2) is 5.03. The Kier molecular flexibility index (Phi) is 3.02. The molecule has 0 aliphatic heterocycles. The molecule has 8 heteroatoms. The van der Waals surface area contributed by atoms with Gasteiger partial charge in [-0.25, -0.2) is 18.1 Å². The molecule has 0 aromatic carbocycles. The van der Waals surface area contributed by atoms with E-state index in [9.17, 15) is 8.42 Å². The summed E-state index contributed by atoms with van der Waals surface area (Å²) in [5.74, 6) is 0.270. The van der Waals surface area contributed by atoms with E-state index in [1.165, 1.54) is 0 Å². The molecule has 5 rings (SSSR count). The first-order valence-corrected chi connectivity index (χ1v) is 9.97. The van der Waals surface area contributed by atoms with E-state index in [0.29, 0.717) is 0 Å². The fraction of sp³-hybridized carbons (Fsp3) is 0.500. The van der Waals surface area contributed by atoms with Gasteiger partial charge in [-0.1, -0.05) is 0 Å². The zero-order valence-electron chi connectivity index (χ0n) is 13.1. The lowest BCUT2D eigenvalue weighted by atomic mass is 9.99. The molecular formula is C16H19N5O2S. The number of pyridine rings is 1. The summed E-state index contributed by atoms with van der Waals surface area (Å²) in [6.45, 7) is 0. The van der Waals surface area contributed by atoms with Crippen molar-refractivity contribution in [2.45, 2.75) is 49.3 Å². The molecule has 0 bridgehead atoms. The molecule has 3 aromatic rings. The smallest absolute Gasteiger partial charge is 0.214 e. The molecule has 0 saturated heterocycles. The quantitative estimate of drug-likeness (QED) is 0.674. The summed E-state index contributed by atoms with van der Waals surface area (Å²) < 4.78 is 27.2. The Hall–Kier alpha value is -1.93. The van der Waals surface area contributed by atoms with Gasteiger partial charge in [0.1, 0.15) is 5.65 Å². The van der Waals surface area contributed by atoms with Gasteiger partial charge in [-0.15, -0.1) is 0 Å². The van der Waals surface area contributed by atoms with E-state index in [1.54, 1.807) is 6.20 Å². The van der Waals surface area contributed by atoms with Crippen LogP contribution in [-0.2, 0) is 10.0 Å². The highest BCUT2D eigenvalue weighted by Crippen LogP contribution is 2.39. The second-order valence-electron chi connectivity index (χ2n) is 6.96. The zero-order valence-corrected chi connectivity index (χ0v) is 13.9. The van der Waals surface area contributed by atoms with Crippen molar-refractivity contribution in [3.05, 3.63) is 24.2 Å². The van der Waals surface area contributed by atoms with E-state index in [2.05, 4.69) is 24.9 Å². The maximum Gasteiger partial charge on any atom is 0.214 e. The Morgan fingerprint density at radius 1 is 1.21 bits per heavy atom. The van der Waals surface area contributed by atoms with E-state index in [1.807, 2.05) is 12.3 Å². The van der Waals surface area contributed by atoms with Gasteiger partial charge >= 0.3 is 0 Å². The van der Waals surface area contributed by atoms with Gasteiger partial charge in [-0.05, 0) is 38.2 Å².